The molecule has 2 aromatic carbocycles. The summed E-state index contributed by atoms with van der Waals surface area (Å²) in [5.74, 6) is 2.58. The number of methoxy groups -OCH3 is 2. The molecule has 2 rings (SSSR count). The Labute approximate surface area is 157 Å². The Hall–Kier alpha value is -2.42. The molecule has 0 radical (unpaired) electrons. The predicted molar refractivity (Wildman–Crippen MR) is 108 cm³/mol. The highest BCUT2D eigenvalue weighted by Crippen LogP contribution is 2.31. The fourth-order valence-electron chi connectivity index (χ4n) is 3.18. The third kappa shape index (κ3) is 4.40. The Kier molecular flexibility index (Phi) is 6.36. The molecule has 0 N–H and O–H groups in total. The van der Waals surface area contributed by atoms with Gasteiger partial charge in [-0.2, -0.15) is 0 Å². The van der Waals surface area contributed by atoms with Crippen molar-refractivity contribution in [3.8, 4) is 17.2 Å². The third-order valence-electron chi connectivity index (χ3n) is 5.14. The van der Waals surface area contributed by atoms with Gasteiger partial charge in [-0.15, -0.1) is 0 Å². The third-order valence-corrected chi connectivity index (χ3v) is 5.14. The lowest BCUT2D eigenvalue weighted by Gasteiger charge is -2.28. The van der Waals surface area contributed by atoms with Crippen LogP contribution in [0.15, 0.2) is 43.0 Å². The van der Waals surface area contributed by atoms with Crippen LogP contribution in [0.2, 0.25) is 0 Å². The maximum absolute atomic E-state index is 6.23. The second kappa shape index (κ2) is 8.31. The molecule has 3 nitrogen and oxygen atoms in total. The van der Waals surface area contributed by atoms with Crippen LogP contribution in [0.25, 0.3) is 0 Å². The number of hydrogen-bond donors (Lipinski definition) is 0. The normalized spacial score (nSPS) is 13.0. The molecule has 0 aliphatic heterocycles. The molecule has 0 spiro atoms. The summed E-state index contributed by atoms with van der Waals surface area (Å²) < 4.78 is 16.9. The summed E-state index contributed by atoms with van der Waals surface area (Å²) >= 11 is 0. The first-order valence-electron chi connectivity index (χ1n) is 8.94. The smallest absolute Gasteiger partial charge is 0.124 e. The molecule has 0 bridgehead atoms. The number of benzene rings is 2. The van der Waals surface area contributed by atoms with Gasteiger partial charge in [0, 0.05) is 0 Å². The van der Waals surface area contributed by atoms with Crippen molar-refractivity contribution in [2.45, 2.75) is 46.1 Å². The summed E-state index contributed by atoms with van der Waals surface area (Å²) in [6, 6.07) is 9.77. The highest BCUT2D eigenvalue weighted by atomic mass is 16.5. The largest absolute Gasteiger partial charge is 0.497 e. The second-order valence-electron chi connectivity index (χ2n) is 6.92. The van der Waals surface area contributed by atoms with E-state index >= 15 is 0 Å². The molecule has 2 aromatic rings. The van der Waals surface area contributed by atoms with Crippen molar-refractivity contribution in [1.29, 1.82) is 0 Å². The zero-order chi connectivity index (χ0) is 19.3. The van der Waals surface area contributed by atoms with Crippen LogP contribution in [0.3, 0.4) is 0 Å². The van der Waals surface area contributed by atoms with Crippen molar-refractivity contribution in [1.82, 2.24) is 0 Å². The molecular formula is C23H30O3. The highest BCUT2D eigenvalue weighted by molar-refractivity contribution is 5.48. The van der Waals surface area contributed by atoms with Gasteiger partial charge < -0.3 is 14.2 Å². The topological polar surface area (TPSA) is 27.7 Å². The van der Waals surface area contributed by atoms with Crippen LogP contribution in [-0.4, -0.2) is 19.8 Å². The van der Waals surface area contributed by atoms with Crippen LogP contribution in [0.4, 0.5) is 0 Å². The Morgan fingerprint density at radius 1 is 0.962 bits per heavy atom. The number of hydrogen-bond acceptors (Lipinski definition) is 3. The van der Waals surface area contributed by atoms with Gasteiger partial charge in [-0.3, -0.25) is 0 Å². The van der Waals surface area contributed by atoms with E-state index in [1.807, 2.05) is 30.3 Å². The molecule has 26 heavy (non-hydrogen) atoms. The molecule has 0 saturated heterocycles. The summed E-state index contributed by atoms with van der Waals surface area (Å²) in [5, 5.41) is 0. The van der Waals surface area contributed by atoms with Crippen molar-refractivity contribution in [3.05, 3.63) is 65.2 Å². The first kappa shape index (κ1) is 19.9. The molecule has 0 aliphatic carbocycles. The second-order valence-corrected chi connectivity index (χ2v) is 6.92. The first-order valence-corrected chi connectivity index (χ1v) is 8.94. The van der Waals surface area contributed by atoms with E-state index in [2.05, 4.69) is 40.3 Å². The SMILES string of the molecule is C=CC(C)(CCc1c(C)cc(OC)c(C)c1C)Oc1ccc(OC)cc1. The Bertz CT molecular complexity index is 762. The van der Waals surface area contributed by atoms with Crippen molar-refractivity contribution in [2.75, 3.05) is 14.2 Å². The van der Waals surface area contributed by atoms with Crippen LogP contribution < -0.4 is 14.2 Å². The summed E-state index contributed by atoms with van der Waals surface area (Å²) in [6.45, 7) is 12.5. The molecule has 0 fully saturated rings. The van der Waals surface area contributed by atoms with Gasteiger partial charge in [0.1, 0.15) is 22.8 Å². The van der Waals surface area contributed by atoms with Gasteiger partial charge in [-0.1, -0.05) is 6.58 Å². The molecule has 0 saturated carbocycles. The quantitative estimate of drug-likeness (QED) is 0.579. The van der Waals surface area contributed by atoms with Crippen LogP contribution in [0.5, 0.6) is 17.2 Å². The minimum Gasteiger partial charge on any atom is -0.497 e. The minimum absolute atomic E-state index is 0.443. The first-order chi connectivity index (χ1) is 12.3. The zero-order valence-corrected chi connectivity index (χ0v) is 16.8. The van der Waals surface area contributed by atoms with Crippen molar-refractivity contribution >= 4 is 0 Å². The Balaban J connectivity index is 2.17. The van der Waals surface area contributed by atoms with Crippen LogP contribution in [0.1, 0.15) is 35.6 Å². The molecule has 0 heterocycles. The highest BCUT2D eigenvalue weighted by Gasteiger charge is 2.23. The number of rotatable bonds is 8. The summed E-state index contributed by atoms with van der Waals surface area (Å²) in [5.41, 5.74) is 4.65. The van der Waals surface area contributed by atoms with Crippen molar-refractivity contribution < 1.29 is 14.2 Å². The molecule has 140 valence electrons. The van der Waals surface area contributed by atoms with Crippen LogP contribution >= 0.6 is 0 Å². The van der Waals surface area contributed by atoms with Gasteiger partial charge in [0.25, 0.3) is 0 Å². The van der Waals surface area contributed by atoms with E-state index in [0.29, 0.717) is 0 Å². The van der Waals surface area contributed by atoms with E-state index in [1.54, 1.807) is 14.2 Å². The maximum Gasteiger partial charge on any atom is 0.124 e. The lowest BCUT2D eigenvalue weighted by molar-refractivity contribution is 0.131. The van der Waals surface area contributed by atoms with Crippen LogP contribution in [-0.2, 0) is 6.42 Å². The van der Waals surface area contributed by atoms with E-state index in [-0.39, 0.29) is 0 Å². The van der Waals surface area contributed by atoms with Gasteiger partial charge in [-0.25, -0.2) is 0 Å². The van der Waals surface area contributed by atoms with E-state index in [4.69, 9.17) is 14.2 Å². The summed E-state index contributed by atoms with van der Waals surface area (Å²) in [7, 11) is 3.38. The lowest BCUT2D eigenvalue weighted by atomic mass is 9.90. The van der Waals surface area contributed by atoms with E-state index < -0.39 is 5.60 Å². The molecule has 0 aromatic heterocycles. The average Bonchev–Trinajstić information content (AvgIpc) is 2.65. The fraction of sp³-hybridized carbons (Fsp3) is 0.391. The van der Waals surface area contributed by atoms with Gasteiger partial charge in [0.2, 0.25) is 0 Å². The molecule has 1 atom stereocenters. The molecule has 1 unspecified atom stereocenters. The van der Waals surface area contributed by atoms with E-state index in [0.717, 1.165) is 30.1 Å². The van der Waals surface area contributed by atoms with E-state index in [9.17, 15) is 0 Å². The summed E-state index contributed by atoms with van der Waals surface area (Å²) in [6.07, 6.45) is 3.65. The maximum atomic E-state index is 6.23. The van der Waals surface area contributed by atoms with Crippen LogP contribution in [0, 0.1) is 20.8 Å². The number of aryl methyl sites for hydroxylation is 1. The Morgan fingerprint density at radius 2 is 1.58 bits per heavy atom. The molecule has 0 amide bonds. The molecule has 3 heteroatoms. The Morgan fingerprint density at radius 3 is 2.12 bits per heavy atom. The summed E-state index contributed by atoms with van der Waals surface area (Å²) in [4.78, 5) is 0. The van der Waals surface area contributed by atoms with Crippen molar-refractivity contribution in [3.63, 3.8) is 0 Å². The average molecular weight is 354 g/mol. The van der Waals surface area contributed by atoms with Gasteiger partial charge in [0.05, 0.1) is 14.2 Å². The standard InChI is InChI=1S/C23H30O3/c1-8-23(5,26-20-11-9-19(24-6)10-12-20)14-13-21-16(2)15-22(25-7)18(4)17(21)3/h8-12,15H,1,13-14H2,2-7H3. The van der Waals surface area contributed by atoms with Gasteiger partial charge in [0.15, 0.2) is 0 Å². The van der Waals surface area contributed by atoms with Gasteiger partial charge in [-0.05, 0) is 99.2 Å². The van der Waals surface area contributed by atoms with E-state index in [1.165, 1.54) is 22.3 Å². The monoisotopic (exact) mass is 354 g/mol. The zero-order valence-electron chi connectivity index (χ0n) is 16.8. The van der Waals surface area contributed by atoms with Gasteiger partial charge >= 0.3 is 0 Å². The number of ether oxygens (including phenoxy) is 3. The molecular weight excluding hydrogens is 324 g/mol. The predicted octanol–water partition coefficient (Wildman–Crippen LogP) is 5.59. The fourth-order valence-corrected chi connectivity index (χ4v) is 3.18. The molecule has 0 aliphatic rings. The minimum atomic E-state index is -0.443. The lowest BCUT2D eigenvalue weighted by Crippen LogP contribution is -2.30. The van der Waals surface area contributed by atoms with Crippen molar-refractivity contribution in [2.24, 2.45) is 0 Å².